The second-order valence-corrected chi connectivity index (χ2v) is 8.64. The average Bonchev–Trinajstić information content (AvgIpc) is 2.77. The minimum atomic E-state index is -0.267. The summed E-state index contributed by atoms with van der Waals surface area (Å²) in [5.74, 6) is 0.381. The summed E-state index contributed by atoms with van der Waals surface area (Å²) in [6.07, 6.45) is 0. The van der Waals surface area contributed by atoms with Crippen molar-refractivity contribution in [1.82, 2.24) is 0 Å². The highest BCUT2D eigenvalue weighted by Crippen LogP contribution is 2.27. The molecule has 31 heavy (non-hydrogen) atoms. The maximum atomic E-state index is 12.6. The summed E-state index contributed by atoms with van der Waals surface area (Å²) in [5.41, 5.74) is 4.17. The number of hydrogen-bond donors (Lipinski definition) is 2. The number of carbonyl (C=O) groups excluding carboxylic acids is 2. The smallest absolute Gasteiger partial charge is 0.255 e. The van der Waals surface area contributed by atoms with E-state index in [2.05, 4.69) is 10.6 Å². The number of amides is 2. The Morgan fingerprint density at radius 1 is 0.903 bits per heavy atom. The Morgan fingerprint density at radius 3 is 2.19 bits per heavy atom. The molecule has 0 aliphatic heterocycles. The zero-order valence-electron chi connectivity index (χ0n) is 18.1. The number of thioether (sulfide) groups is 1. The Hall–Kier alpha value is -3.25. The largest absolute Gasteiger partial charge is 0.497 e. The zero-order valence-corrected chi connectivity index (χ0v) is 18.9. The van der Waals surface area contributed by atoms with Crippen LogP contribution >= 0.6 is 11.8 Å². The Kier molecular flexibility index (Phi) is 7.36. The first kappa shape index (κ1) is 22.4. The van der Waals surface area contributed by atoms with Crippen LogP contribution in [-0.2, 0) is 4.79 Å². The van der Waals surface area contributed by atoms with Crippen LogP contribution < -0.4 is 15.4 Å². The summed E-state index contributed by atoms with van der Waals surface area (Å²) in [4.78, 5) is 26.0. The fourth-order valence-corrected chi connectivity index (χ4v) is 3.95. The van der Waals surface area contributed by atoms with Crippen molar-refractivity contribution < 1.29 is 14.3 Å². The molecule has 0 fully saturated rings. The zero-order chi connectivity index (χ0) is 22.4. The van der Waals surface area contributed by atoms with Gasteiger partial charge >= 0.3 is 0 Å². The molecule has 0 aliphatic rings. The van der Waals surface area contributed by atoms with Gasteiger partial charge in [-0.1, -0.05) is 24.3 Å². The standard InChI is InChI=1S/C25H26N2O3S/c1-16-7-5-8-17(2)23(16)27-24(28)18(3)31-22-13-11-20(12-14-22)26-25(29)19-9-6-10-21(15-19)30-4/h5-15,18H,1-4H3,(H,26,29)(H,27,28). The van der Waals surface area contributed by atoms with Crippen LogP contribution in [0.5, 0.6) is 5.75 Å². The van der Waals surface area contributed by atoms with Crippen LogP contribution in [0.2, 0.25) is 0 Å². The van der Waals surface area contributed by atoms with Crippen molar-refractivity contribution in [1.29, 1.82) is 0 Å². The number of anilines is 2. The van der Waals surface area contributed by atoms with Gasteiger partial charge in [-0.2, -0.15) is 0 Å². The van der Waals surface area contributed by atoms with Crippen molar-refractivity contribution in [3.8, 4) is 5.75 Å². The average molecular weight is 435 g/mol. The molecule has 1 atom stereocenters. The summed E-state index contributed by atoms with van der Waals surface area (Å²) in [6, 6.07) is 20.4. The molecule has 0 saturated carbocycles. The lowest BCUT2D eigenvalue weighted by Crippen LogP contribution is -2.23. The molecule has 2 amide bonds. The number of hydrogen-bond acceptors (Lipinski definition) is 4. The van der Waals surface area contributed by atoms with Gasteiger partial charge in [-0.05, 0) is 74.4 Å². The molecule has 3 rings (SSSR count). The lowest BCUT2D eigenvalue weighted by Gasteiger charge is -2.15. The van der Waals surface area contributed by atoms with E-state index in [1.807, 2.05) is 63.2 Å². The molecular weight excluding hydrogens is 408 g/mol. The van der Waals surface area contributed by atoms with Crippen LogP contribution in [0.4, 0.5) is 11.4 Å². The topological polar surface area (TPSA) is 67.4 Å². The van der Waals surface area contributed by atoms with Crippen LogP contribution in [0.25, 0.3) is 0 Å². The van der Waals surface area contributed by atoms with E-state index >= 15 is 0 Å². The molecule has 0 aliphatic carbocycles. The fraction of sp³-hybridized carbons (Fsp3) is 0.200. The van der Waals surface area contributed by atoms with Gasteiger partial charge < -0.3 is 15.4 Å². The number of aryl methyl sites for hydroxylation is 2. The molecule has 2 N–H and O–H groups in total. The molecule has 5 nitrogen and oxygen atoms in total. The van der Waals surface area contributed by atoms with E-state index in [0.29, 0.717) is 17.0 Å². The Morgan fingerprint density at radius 2 is 1.55 bits per heavy atom. The van der Waals surface area contributed by atoms with Gasteiger partial charge in [-0.25, -0.2) is 0 Å². The number of carbonyl (C=O) groups is 2. The van der Waals surface area contributed by atoms with Gasteiger partial charge in [-0.3, -0.25) is 9.59 Å². The predicted molar refractivity (Wildman–Crippen MR) is 127 cm³/mol. The molecular formula is C25H26N2O3S. The van der Waals surface area contributed by atoms with E-state index in [4.69, 9.17) is 4.74 Å². The van der Waals surface area contributed by atoms with E-state index in [0.717, 1.165) is 21.7 Å². The highest BCUT2D eigenvalue weighted by Gasteiger charge is 2.16. The van der Waals surface area contributed by atoms with Crippen LogP contribution in [0.1, 0.15) is 28.4 Å². The van der Waals surface area contributed by atoms with Crippen molar-refractivity contribution in [3.63, 3.8) is 0 Å². The summed E-state index contributed by atoms with van der Waals surface area (Å²) < 4.78 is 5.16. The van der Waals surface area contributed by atoms with Crippen LogP contribution in [-0.4, -0.2) is 24.2 Å². The maximum absolute atomic E-state index is 12.6. The first-order valence-corrected chi connectivity index (χ1v) is 10.8. The number of ether oxygens (including phenoxy) is 1. The number of benzene rings is 3. The SMILES string of the molecule is COc1cccc(C(=O)Nc2ccc(SC(C)C(=O)Nc3c(C)cccc3C)cc2)c1. The van der Waals surface area contributed by atoms with E-state index in [1.165, 1.54) is 11.8 Å². The van der Waals surface area contributed by atoms with Crippen LogP contribution in [0.15, 0.2) is 71.6 Å². The Bertz CT molecular complexity index is 1060. The highest BCUT2D eigenvalue weighted by molar-refractivity contribution is 8.00. The second-order valence-electron chi connectivity index (χ2n) is 7.23. The minimum Gasteiger partial charge on any atom is -0.497 e. The summed E-state index contributed by atoms with van der Waals surface area (Å²) >= 11 is 1.47. The quantitative estimate of drug-likeness (QED) is 0.469. The summed E-state index contributed by atoms with van der Waals surface area (Å²) in [7, 11) is 1.57. The molecule has 0 spiro atoms. The van der Waals surface area contributed by atoms with Crippen LogP contribution in [0.3, 0.4) is 0 Å². The van der Waals surface area contributed by atoms with E-state index < -0.39 is 0 Å². The first-order chi connectivity index (χ1) is 14.9. The third-order valence-corrected chi connectivity index (χ3v) is 5.97. The molecule has 160 valence electrons. The van der Waals surface area contributed by atoms with Gasteiger partial charge in [0.05, 0.1) is 12.4 Å². The molecule has 1 unspecified atom stereocenters. The van der Waals surface area contributed by atoms with Gasteiger partial charge in [-0.15, -0.1) is 11.8 Å². The molecule has 3 aromatic carbocycles. The Balaban J connectivity index is 1.59. The molecule has 6 heteroatoms. The van der Waals surface area contributed by atoms with Crippen molar-refractivity contribution in [2.24, 2.45) is 0 Å². The lowest BCUT2D eigenvalue weighted by atomic mass is 10.1. The van der Waals surface area contributed by atoms with Crippen molar-refractivity contribution >= 4 is 35.0 Å². The lowest BCUT2D eigenvalue weighted by molar-refractivity contribution is -0.115. The van der Waals surface area contributed by atoms with Gasteiger partial charge in [0.1, 0.15) is 5.75 Å². The normalized spacial score (nSPS) is 11.5. The monoisotopic (exact) mass is 434 g/mol. The molecule has 0 saturated heterocycles. The summed E-state index contributed by atoms with van der Waals surface area (Å²) in [5, 5.41) is 5.64. The number of nitrogens with one attached hydrogen (secondary N) is 2. The molecule has 0 aromatic heterocycles. The minimum absolute atomic E-state index is 0.0437. The van der Waals surface area contributed by atoms with Crippen molar-refractivity contribution in [2.45, 2.75) is 30.9 Å². The van der Waals surface area contributed by atoms with Gasteiger partial charge in [0, 0.05) is 21.8 Å². The molecule has 0 radical (unpaired) electrons. The number of para-hydroxylation sites is 1. The van der Waals surface area contributed by atoms with E-state index in [-0.39, 0.29) is 17.1 Å². The van der Waals surface area contributed by atoms with E-state index in [1.54, 1.807) is 31.4 Å². The second kappa shape index (κ2) is 10.2. The number of methoxy groups -OCH3 is 1. The molecule has 3 aromatic rings. The number of rotatable bonds is 7. The first-order valence-electron chi connectivity index (χ1n) is 9.96. The summed E-state index contributed by atoms with van der Waals surface area (Å²) in [6.45, 7) is 5.85. The third kappa shape index (κ3) is 5.89. The van der Waals surface area contributed by atoms with Gasteiger partial charge in [0.15, 0.2) is 0 Å². The van der Waals surface area contributed by atoms with Crippen LogP contribution in [0, 0.1) is 13.8 Å². The third-order valence-electron chi connectivity index (χ3n) is 4.86. The Labute approximate surface area is 187 Å². The highest BCUT2D eigenvalue weighted by atomic mass is 32.2. The molecule has 0 bridgehead atoms. The van der Waals surface area contributed by atoms with Gasteiger partial charge in [0.2, 0.25) is 5.91 Å². The molecule has 0 heterocycles. The predicted octanol–water partition coefficient (Wildman–Crippen LogP) is 5.68. The van der Waals surface area contributed by atoms with Crippen molar-refractivity contribution in [3.05, 3.63) is 83.4 Å². The maximum Gasteiger partial charge on any atom is 0.255 e. The van der Waals surface area contributed by atoms with E-state index in [9.17, 15) is 9.59 Å². The van der Waals surface area contributed by atoms with Gasteiger partial charge in [0.25, 0.3) is 5.91 Å². The fourth-order valence-electron chi connectivity index (χ4n) is 3.08. The van der Waals surface area contributed by atoms with Crippen molar-refractivity contribution in [2.75, 3.05) is 17.7 Å².